The highest BCUT2D eigenvalue weighted by atomic mass is 19.1. The van der Waals surface area contributed by atoms with Crippen molar-refractivity contribution >= 4 is 41.1 Å². The monoisotopic (exact) mass is 934 g/mol. The zero-order chi connectivity index (χ0) is 47.1. The number of halogens is 2. The third kappa shape index (κ3) is 10.2. The first-order chi connectivity index (χ1) is 33.1. The van der Waals surface area contributed by atoms with Crippen molar-refractivity contribution in [3.63, 3.8) is 0 Å². The van der Waals surface area contributed by atoms with Crippen LogP contribution in [0.2, 0.25) is 0 Å². The van der Waals surface area contributed by atoms with Crippen molar-refractivity contribution in [2.24, 2.45) is 10.3 Å². The van der Waals surface area contributed by atoms with Gasteiger partial charge in [-0.2, -0.15) is 0 Å². The molecule has 2 amide bonds. The minimum absolute atomic E-state index is 0.00106. The highest BCUT2D eigenvalue weighted by molar-refractivity contribution is 6.00. The molecule has 10 rings (SSSR count). The number of carbonyl (C=O) groups is 3. The SMILES string of the molecule is COC(=O)OC[C@@H]1CC(c2ccc(-c3ccc(N4C[C@H](Cn5ccnn5)OC4=O)cc3F)cn2)=NO1.O=C1O[C@@H](Cn2ccnn2)CN1c1ccc(-c2ccc(C3=NO[C@H](CO)C3)nc2)c(F)c1. The molecule has 4 aromatic heterocycles. The summed E-state index contributed by atoms with van der Waals surface area (Å²) >= 11 is 0. The second kappa shape index (κ2) is 20.0. The summed E-state index contributed by atoms with van der Waals surface area (Å²) in [4.78, 5) is 57.6. The molecule has 8 heterocycles. The normalized spacial score (nSPS) is 19.6. The van der Waals surface area contributed by atoms with E-state index in [9.17, 15) is 18.8 Å². The van der Waals surface area contributed by atoms with E-state index in [-0.39, 0.29) is 32.4 Å². The molecule has 2 fully saturated rings. The van der Waals surface area contributed by atoms with Gasteiger partial charge in [0.2, 0.25) is 0 Å². The number of amides is 2. The van der Waals surface area contributed by atoms with Gasteiger partial charge in [-0.3, -0.25) is 19.8 Å². The molecule has 0 unspecified atom stereocenters. The minimum atomic E-state index is -0.796. The maximum absolute atomic E-state index is 15.0. The smallest absolute Gasteiger partial charge is 0.442 e. The van der Waals surface area contributed by atoms with E-state index in [4.69, 9.17) is 29.0 Å². The first-order valence-electron chi connectivity index (χ1n) is 21.0. The van der Waals surface area contributed by atoms with Crippen molar-refractivity contribution in [1.29, 1.82) is 0 Å². The van der Waals surface area contributed by atoms with Crippen LogP contribution in [-0.4, -0.2) is 133 Å². The van der Waals surface area contributed by atoms with E-state index >= 15 is 4.39 Å². The van der Waals surface area contributed by atoms with Gasteiger partial charge in [0.1, 0.15) is 41.9 Å². The van der Waals surface area contributed by atoms with E-state index in [0.29, 0.717) is 82.4 Å². The molecule has 350 valence electrons. The van der Waals surface area contributed by atoms with Crippen molar-refractivity contribution in [2.75, 3.05) is 43.2 Å². The number of aliphatic hydroxyl groups is 1. The van der Waals surface area contributed by atoms with E-state index in [0.717, 1.165) is 0 Å². The number of nitrogens with zero attached hydrogens (tertiary/aromatic N) is 12. The number of methoxy groups -OCH3 is 1. The molecule has 68 heavy (non-hydrogen) atoms. The number of ether oxygens (including phenoxy) is 4. The van der Waals surface area contributed by atoms with E-state index < -0.39 is 48.3 Å². The van der Waals surface area contributed by atoms with E-state index in [1.807, 2.05) is 0 Å². The Bertz CT molecular complexity index is 2820. The molecule has 0 aliphatic carbocycles. The number of hydrogen-bond donors (Lipinski definition) is 1. The van der Waals surface area contributed by atoms with E-state index in [1.165, 1.54) is 35.2 Å². The van der Waals surface area contributed by atoms with Gasteiger partial charge in [-0.15, -0.1) is 10.2 Å². The zero-order valence-corrected chi connectivity index (χ0v) is 35.9. The van der Waals surface area contributed by atoms with Crippen molar-refractivity contribution in [2.45, 2.75) is 50.3 Å². The molecule has 0 spiro atoms. The number of rotatable bonds is 13. The lowest BCUT2D eigenvalue weighted by atomic mass is 10.0. The maximum Gasteiger partial charge on any atom is 0.508 e. The molecular weight excluding hydrogens is 895 g/mol. The second-order valence-corrected chi connectivity index (χ2v) is 15.6. The van der Waals surface area contributed by atoms with Crippen LogP contribution in [0.3, 0.4) is 0 Å². The Balaban J connectivity index is 0.000000171. The van der Waals surface area contributed by atoms with Gasteiger partial charge in [-0.1, -0.05) is 32.9 Å². The predicted octanol–water partition coefficient (Wildman–Crippen LogP) is 4.77. The standard InChI is InChI=1S/C23H21FN6O6.C21H19FN6O4/c1-33-23(32)34-13-16-9-21(27-36-16)20-5-2-14(10-25-20)18-4-3-15(8-19(18)24)30-12-17(35-22(30)31)11-29-7-6-26-28-29;22-18-7-14(28-11-16(31-21(28)30)10-27-6-5-24-26-27)2-3-17(18)13-1-4-19(23-9-13)20-8-15(12-29)32-25-20/h2-8,10,16-17H,9,11-13H2,1H3;1-7,9,15-16,29H,8,10-12H2/t16-,17-;15-,16-/m00/s1. The lowest BCUT2D eigenvalue weighted by Gasteiger charge is -2.14. The molecule has 22 nitrogen and oxygen atoms in total. The molecule has 4 atom stereocenters. The summed E-state index contributed by atoms with van der Waals surface area (Å²) < 4.78 is 53.1. The molecule has 0 saturated carbocycles. The third-order valence-corrected chi connectivity index (χ3v) is 11.0. The topological polar surface area (TPSA) is 245 Å². The van der Waals surface area contributed by atoms with Crippen molar-refractivity contribution in [1.82, 2.24) is 40.0 Å². The Morgan fingerprint density at radius 3 is 1.62 bits per heavy atom. The van der Waals surface area contributed by atoms with Crippen LogP contribution in [0.4, 0.5) is 34.5 Å². The lowest BCUT2D eigenvalue weighted by Crippen LogP contribution is -2.26. The molecule has 1 N–H and O–H groups in total. The van der Waals surface area contributed by atoms with Crippen LogP contribution < -0.4 is 9.80 Å². The molecular formula is C44H40F2N12O10. The summed E-state index contributed by atoms with van der Waals surface area (Å²) in [6.07, 6.45) is 6.91. The maximum atomic E-state index is 15.0. The van der Waals surface area contributed by atoms with Crippen LogP contribution in [0.1, 0.15) is 24.2 Å². The van der Waals surface area contributed by atoms with Crippen LogP contribution >= 0.6 is 0 Å². The zero-order valence-electron chi connectivity index (χ0n) is 35.9. The number of hydrogen-bond acceptors (Lipinski definition) is 18. The van der Waals surface area contributed by atoms with E-state index in [2.05, 4.69) is 45.6 Å². The lowest BCUT2D eigenvalue weighted by molar-refractivity contribution is 0.00495. The molecule has 4 aliphatic heterocycles. The Hall–Kier alpha value is -8.41. The van der Waals surface area contributed by atoms with Gasteiger partial charge >= 0.3 is 18.3 Å². The molecule has 0 radical (unpaired) electrons. The number of pyridine rings is 2. The molecule has 24 heteroatoms. The molecule has 0 bridgehead atoms. The Morgan fingerprint density at radius 2 is 1.21 bits per heavy atom. The number of anilines is 2. The van der Waals surface area contributed by atoms with Gasteiger partial charge in [0.05, 0.1) is 75.1 Å². The number of aliphatic hydroxyl groups excluding tert-OH is 1. The van der Waals surface area contributed by atoms with Gasteiger partial charge in [0.15, 0.2) is 12.2 Å². The Kier molecular flexibility index (Phi) is 13.2. The first kappa shape index (κ1) is 44.8. The number of aromatic nitrogens is 8. The molecule has 6 aromatic rings. The Morgan fingerprint density at radius 1 is 0.706 bits per heavy atom. The number of oxime groups is 2. The average molecular weight is 935 g/mol. The fraction of sp³-hybridized carbons (Fsp3) is 0.295. The highest BCUT2D eigenvalue weighted by Gasteiger charge is 2.35. The quantitative estimate of drug-likeness (QED) is 0.121. The van der Waals surface area contributed by atoms with Crippen molar-refractivity contribution in [3.05, 3.63) is 121 Å². The summed E-state index contributed by atoms with van der Waals surface area (Å²) in [5, 5.41) is 32.3. The van der Waals surface area contributed by atoms with Crippen LogP contribution in [0.25, 0.3) is 22.3 Å². The number of benzene rings is 2. The summed E-state index contributed by atoms with van der Waals surface area (Å²) in [6.45, 7) is 1.16. The van der Waals surface area contributed by atoms with Crippen LogP contribution in [0.15, 0.2) is 108 Å². The summed E-state index contributed by atoms with van der Waals surface area (Å²) in [5.74, 6) is -0.984. The number of cyclic esters (lactones) is 2. The Labute approximate surface area is 384 Å². The summed E-state index contributed by atoms with van der Waals surface area (Å²) in [7, 11) is 1.22. The molecule has 2 saturated heterocycles. The van der Waals surface area contributed by atoms with Gasteiger partial charge in [-0.05, 0) is 48.5 Å². The third-order valence-electron chi connectivity index (χ3n) is 11.0. The van der Waals surface area contributed by atoms with Gasteiger partial charge in [0.25, 0.3) is 0 Å². The fourth-order valence-corrected chi connectivity index (χ4v) is 7.56. The number of carbonyl (C=O) groups excluding carboxylic acids is 3. The van der Waals surface area contributed by atoms with Crippen LogP contribution in [-0.2, 0) is 41.7 Å². The molecule has 2 aromatic carbocycles. The van der Waals surface area contributed by atoms with Crippen molar-refractivity contribution in [3.8, 4) is 22.3 Å². The van der Waals surface area contributed by atoms with Crippen LogP contribution in [0, 0.1) is 11.6 Å². The van der Waals surface area contributed by atoms with E-state index in [1.54, 1.807) is 88.9 Å². The van der Waals surface area contributed by atoms with Gasteiger partial charge in [0, 0.05) is 59.9 Å². The fourth-order valence-electron chi connectivity index (χ4n) is 7.56. The highest BCUT2D eigenvalue weighted by Crippen LogP contribution is 2.31. The summed E-state index contributed by atoms with van der Waals surface area (Å²) in [6, 6.07) is 16.0. The second-order valence-electron chi connectivity index (χ2n) is 15.6. The van der Waals surface area contributed by atoms with Crippen molar-refractivity contribution < 1.29 is 56.9 Å². The van der Waals surface area contributed by atoms with Gasteiger partial charge in [-0.25, -0.2) is 32.5 Å². The minimum Gasteiger partial charge on any atom is -0.442 e. The average Bonchev–Trinajstić information content (AvgIpc) is 4.23. The summed E-state index contributed by atoms with van der Waals surface area (Å²) in [5.41, 5.74) is 5.04. The first-order valence-corrected chi connectivity index (χ1v) is 21.0. The predicted molar refractivity (Wildman–Crippen MR) is 232 cm³/mol. The van der Waals surface area contributed by atoms with Crippen LogP contribution in [0.5, 0.6) is 0 Å². The van der Waals surface area contributed by atoms with Gasteiger partial charge < -0.3 is 33.7 Å². The molecule has 4 aliphatic rings. The largest absolute Gasteiger partial charge is 0.508 e.